The van der Waals surface area contributed by atoms with Crippen LogP contribution in [0, 0.1) is 0 Å². The first-order valence-corrected chi connectivity index (χ1v) is 8.91. The van der Waals surface area contributed by atoms with E-state index in [0.29, 0.717) is 17.1 Å². The topological polar surface area (TPSA) is 68.9 Å². The molecule has 0 saturated carbocycles. The first-order chi connectivity index (χ1) is 13.0. The highest BCUT2D eigenvalue weighted by molar-refractivity contribution is 9.10. The van der Waals surface area contributed by atoms with E-state index in [4.69, 9.17) is 13.9 Å². The van der Waals surface area contributed by atoms with Crippen LogP contribution >= 0.6 is 15.9 Å². The van der Waals surface area contributed by atoms with Gasteiger partial charge in [0, 0.05) is 10.0 Å². The number of benzene rings is 2. The van der Waals surface area contributed by atoms with Gasteiger partial charge in [-0.1, -0.05) is 22.0 Å². The number of furan rings is 1. The van der Waals surface area contributed by atoms with E-state index in [2.05, 4.69) is 15.9 Å². The number of aromatic hydroxyl groups is 1. The fraction of sp³-hybridized carbons (Fsp3) is 0.0952. The van der Waals surface area contributed by atoms with Gasteiger partial charge in [-0.2, -0.15) is 0 Å². The van der Waals surface area contributed by atoms with Crippen LogP contribution in [0.25, 0.3) is 6.08 Å². The molecular weight excluding hydrogens is 412 g/mol. The molecule has 0 aliphatic carbocycles. The Kier molecular flexibility index (Phi) is 5.98. The molecule has 6 heteroatoms. The number of carbonyl (C=O) groups is 1. The monoisotopic (exact) mass is 428 g/mol. The molecule has 1 N–H and O–H groups in total. The zero-order chi connectivity index (χ0) is 19.2. The lowest BCUT2D eigenvalue weighted by molar-refractivity contribution is 0.104. The molecule has 5 nitrogen and oxygen atoms in total. The minimum atomic E-state index is -0.225. The maximum absolute atomic E-state index is 12.3. The number of ketones is 1. The number of carbonyl (C=O) groups excluding carboxylic acids is 1. The molecule has 1 heterocycles. The maximum atomic E-state index is 12.3. The quantitative estimate of drug-likeness (QED) is 0.412. The normalized spacial score (nSPS) is 10.9. The summed E-state index contributed by atoms with van der Waals surface area (Å²) in [5.74, 6) is 1.93. The highest BCUT2D eigenvalue weighted by Crippen LogP contribution is 2.26. The van der Waals surface area contributed by atoms with Crippen LogP contribution in [0.5, 0.6) is 17.2 Å². The summed E-state index contributed by atoms with van der Waals surface area (Å²) in [6.07, 6.45) is 2.99. The Morgan fingerprint density at radius 1 is 1.19 bits per heavy atom. The van der Waals surface area contributed by atoms with Crippen LogP contribution < -0.4 is 9.47 Å². The van der Waals surface area contributed by atoms with Crippen molar-refractivity contribution in [3.05, 3.63) is 82.2 Å². The summed E-state index contributed by atoms with van der Waals surface area (Å²) in [5, 5.41) is 9.59. The second kappa shape index (κ2) is 8.60. The Bertz CT molecular complexity index is 974. The van der Waals surface area contributed by atoms with Gasteiger partial charge < -0.3 is 19.0 Å². The molecule has 1 aromatic heterocycles. The minimum absolute atomic E-state index is 0.0147. The summed E-state index contributed by atoms with van der Waals surface area (Å²) in [6, 6.07) is 15.5. The largest absolute Gasteiger partial charge is 0.504 e. The molecule has 0 amide bonds. The lowest BCUT2D eigenvalue weighted by atomic mass is 10.1. The highest BCUT2D eigenvalue weighted by Gasteiger charge is 2.08. The van der Waals surface area contributed by atoms with Gasteiger partial charge in [0.2, 0.25) is 0 Å². The summed E-state index contributed by atoms with van der Waals surface area (Å²) in [6.45, 7) is 0.285. The Labute approximate surface area is 165 Å². The van der Waals surface area contributed by atoms with Crippen LogP contribution in [-0.2, 0) is 6.61 Å². The van der Waals surface area contributed by atoms with Crippen molar-refractivity contribution < 1.29 is 23.8 Å². The fourth-order valence-corrected chi connectivity index (χ4v) is 2.74. The number of hydrogen-bond acceptors (Lipinski definition) is 5. The number of hydrogen-bond donors (Lipinski definition) is 1. The van der Waals surface area contributed by atoms with Crippen molar-refractivity contribution in [1.82, 2.24) is 0 Å². The van der Waals surface area contributed by atoms with Crippen molar-refractivity contribution in [2.75, 3.05) is 7.11 Å². The lowest BCUT2D eigenvalue weighted by Crippen LogP contribution is -1.95. The summed E-state index contributed by atoms with van der Waals surface area (Å²) < 4.78 is 17.3. The Hall–Kier alpha value is -2.99. The van der Waals surface area contributed by atoms with E-state index in [0.717, 1.165) is 10.2 Å². The van der Waals surface area contributed by atoms with Crippen molar-refractivity contribution in [2.24, 2.45) is 0 Å². The number of methoxy groups -OCH3 is 1. The molecule has 0 fully saturated rings. The highest BCUT2D eigenvalue weighted by atomic mass is 79.9. The Morgan fingerprint density at radius 3 is 2.81 bits per heavy atom. The lowest BCUT2D eigenvalue weighted by Gasteiger charge is -2.04. The van der Waals surface area contributed by atoms with E-state index in [1.165, 1.54) is 31.4 Å². The van der Waals surface area contributed by atoms with Crippen molar-refractivity contribution in [3.63, 3.8) is 0 Å². The molecular formula is C21H17BrO5. The van der Waals surface area contributed by atoms with Crippen molar-refractivity contribution in [3.8, 4) is 17.2 Å². The smallest absolute Gasteiger partial charge is 0.186 e. The minimum Gasteiger partial charge on any atom is -0.504 e. The van der Waals surface area contributed by atoms with Gasteiger partial charge in [0.1, 0.15) is 23.9 Å². The van der Waals surface area contributed by atoms with Gasteiger partial charge in [-0.15, -0.1) is 0 Å². The van der Waals surface area contributed by atoms with E-state index in [9.17, 15) is 9.90 Å². The molecule has 0 unspecified atom stereocenters. The molecule has 138 valence electrons. The third-order valence-electron chi connectivity index (χ3n) is 3.72. The molecule has 0 spiro atoms. The van der Waals surface area contributed by atoms with Gasteiger partial charge in [-0.25, -0.2) is 0 Å². The maximum Gasteiger partial charge on any atom is 0.186 e. The molecule has 3 aromatic rings. The van der Waals surface area contributed by atoms with Crippen LogP contribution in [0.4, 0.5) is 0 Å². The SMILES string of the molecule is COc1cc(C(=O)/C=C/c2ccc(COc3cccc(Br)c3)o2)ccc1O. The second-order valence-corrected chi connectivity index (χ2v) is 6.55. The first-order valence-electron chi connectivity index (χ1n) is 8.11. The van der Waals surface area contributed by atoms with Crippen LogP contribution in [0.15, 0.2) is 69.6 Å². The predicted octanol–water partition coefficient (Wildman–Crippen LogP) is 5.23. The van der Waals surface area contributed by atoms with Gasteiger partial charge in [0.05, 0.1) is 7.11 Å². The van der Waals surface area contributed by atoms with Gasteiger partial charge in [-0.3, -0.25) is 4.79 Å². The van der Waals surface area contributed by atoms with Crippen molar-refractivity contribution in [1.29, 1.82) is 0 Å². The van der Waals surface area contributed by atoms with Crippen LogP contribution in [0.3, 0.4) is 0 Å². The van der Waals surface area contributed by atoms with E-state index >= 15 is 0 Å². The molecule has 27 heavy (non-hydrogen) atoms. The zero-order valence-corrected chi connectivity index (χ0v) is 16.1. The van der Waals surface area contributed by atoms with Crippen LogP contribution in [0.2, 0.25) is 0 Å². The van der Waals surface area contributed by atoms with Gasteiger partial charge in [0.25, 0.3) is 0 Å². The molecule has 0 atom stereocenters. The first kappa shape index (κ1) is 18.8. The van der Waals surface area contributed by atoms with Crippen molar-refractivity contribution in [2.45, 2.75) is 6.61 Å². The third kappa shape index (κ3) is 5.01. The molecule has 0 bridgehead atoms. The molecule has 0 radical (unpaired) electrons. The second-order valence-electron chi connectivity index (χ2n) is 5.63. The third-order valence-corrected chi connectivity index (χ3v) is 4.22. The number of phenolic OH excluding ortho intramolecular Hbond substituents is 1. The summed E-state index contributed by atoms with van der Waals surface area (Å²) in [5.41, 5.74) is 0.408. The summed E-state index contributed by atoms with van der Waals surface area (Å²) in [7, 11) is 1.43. The number of allylic oxidation sites excluding steroid dienone is 1. The van der Waals surface area contributed by atoms with E-state index < -0.39 is 0 Å². The van der Waals surface area contributed by atoms with E-state index in [1.54, 1.807) is 18.2 Å². The summed E-state index contributed by atoms with van der Waals surface area (Å²) in [4.78, 5) is 12.3. The van der Waals surface area contributed by atoms with Crippen LogP contribution in [-0.4, -0.2) is 18.0 Å². The Morgan fingerprint density at radius 2 is 2.04 bits per heavy atom. The van der Waals surface area contributed by atoms with Gasteiger partial charge >= 0.3 is 0 Å². The van der Waals surface area contributed by atoms with Gasteiger partial charge in [-0.05, 0) is 60.7 Å². The summed E-state index contributed by atoms with van der Waals surface area (Å²) >= 11 is 3.39. The van der Waals surface area contributed by atoms with E-state index in [1.807, 2.05) is 24.3 Å². The molecule has 0 aliphatic rings. The fourth-order valence-electron chi connectivity index (χ4n) is 2.36. The average molecular weight is 429 g/mol. The average Bonchev–Trinajstić information content (AvgIpc) is 3.13. The van der Waals surface area contributed by atoms with Crippen molar-refractivity contribution >= 4 is 27.8 Å². The molecule has 3 rings (SSSR count). The molecule has 0 saturated heterocycles. The molecule has 0 aliphatic heterocycles. The molecule has 2 aromatic carbocycles. The Balaban J connectivity index is 1.62. The predicted molar refractivity (Wildman–Crippen MR) is 105 cm³/mol. The number of phenols is 1. The number of rotatable bonds is 7. The van der Waals surface area contributed by atoms with Crippen LogP contribution in [0.1, 0.15) is 21.9 Å². The zero-order valence-electron chi connectivity index (χ0n) is 14.5. The number of ether oxygens (including phenoxy) is 2. The van der Waals surface area contributed by atoms with Gasteiger partial charge in [0.15, 0.2) is 17.3 Å². The standard InChI is InChI=1S/C21H17BrO5/c1-25-21-11-14(5-9-20(21)24)19(23)10-8-16-6-7-18(27-16)13-26-17-4-2-3-15(22)12-17/h2-12,24H,13H2,1H3/b10-8+. The number of halogens is 1. The van der Waals surface area contributed by atoms with E-state index in [-0.39, 0.29) is 23.9 Å².